The zero-order valence-electron chi connectivity index (χ0n) is 28.3. The SMILES string of the molecule is Cc1cc(P(c2cc(C)cc(C(C)(C)C)c2OCc2ccccc2)C(C)(C)C)c(OCc2ccccc2)c(C(C)(C)C)c1. The molecule has 0 radical (unpaired) electrons. The summed E-state index contributed by atoms with van der Waals surface area (Å²) in [7, 11) is -0.904. The maximum absolute atomic E-state index is 6.91. The van der Waals surface area contributed by atoms with Gasteiger partial charge in [-0.1, -0.05) is 135 Å². The number of hydrogen-bond acceptors (Lipinski definition) is 2. The van der Waals surface area contributed by atoms with E-state index in [1.807, 2.05) is 0 Å². The molecule has 0 aliphatic rings. The molecule has 4 aromatic rings. The van der Waals surface area contributed by atoms with Crippen LogP contribution in [0.25, 0.3) is 0 Å². The van der Waals surface area contributed by atoms with Crippen LogP contribution in [0.4, 0.5) is 0 Å². The molecular formula is C40H51O2P. The van der Waals surface area contributed by atoms with E-state index in [1.165, 1.54) is 44.0 Å². The van der Waals surface area contributed by atoms with Crippen molar-refractivity contribution in [3.63, 3.8) is 0 Å². The number of aryl methyl sites for hydroxylation is 2. The fourth-order valence-electron chi connectivity index (χ4n) is 5.57. The van der Waals surface area contributed by atoms with Gasteiger partial charge >= 0.3 is 0 Å². The Hall–Kier alpha value is -3.09. The standard InChI is InChI=1S/C40H51O2P/c1-28-22-32(38(3,4)5)36(41-26-30-18-14-12-15-19-30)34(24-28)43(40(9,10)11)35-25-29(2)23-33(39(6,7)8)37(35)42-27-31-20-16-13-17-21-31/h12-25H,26-27H2,1-11H3. The molecule has 43 heavy (non-hydrogen) atoms. The molecule has 0 amide bonds. The van der Waals surface area contributed by atoms with Crippen LogP contribution in [-0.4, -0.2) is 5.16 Å². The summed E-state index contributed by atoms with van der Waals surface area (Å²) in [6.45, 7) is 26.4. The van der Waals surface area contributed by atoms with Gasteiger partial charge in [0.1, 0.15) is 24.7 Å². The van der Waals surface area contributed by atoms with Crippen LogP contribution in [0.3, 0.4) is 0 Å². The Bertz CT molecular complexity index is 1410. The number of benzene rings is 4. The maximum Gasteiger partial charge on any atom is 0.131 e. The lowest BCUT2D eigenvalue weighted by Crippen LogP contribution is -2.31. The normalized spacial score (nSPS) is 12.5. The van der Waals surface area contributed by atoms with Crippen LogP contribution in [0, 0.1) is 13.8 Å². The summed E-state index contributed by atoms with van der Waals surface area (Å²) in [6, 6.07) is 30.4. The van der Waals surface area contributed by atoms with Gasteiger partial charge in [0.25, 0.3) is 0 Å². The van der Waals surface area contributed by atoms with E-state index in [1.54, 1.807) is 0 Å². The molecule has 0 heterocycles. The molecule has 3 heteroatoms. The van der Waals surface area contributed by atoms with Crippen molar-refractivity contribution >= 4 is 18.5 Å². The second-order valence-electron chi connectivity index (χ2n) is 14.9. The van der Waals surface area contributed by atoms with Gasteiger partial charge < -0.3 is 9.47 Å². The van der Waals surface area contributed by atoms with Crippen LogP contribution in [0.5, 0.6) is 11.5 Å². The molecule has 0 fully saturated rings. The Morgan fingerprint density at radius 2 is 0.860 bits per heavy atom. The molecule has 0 atom stereocenters. The molecule has 2 nitrogen and oxygen atoms in total. The molecule has 0 saturated heterocycles. The third-order valence-corrected chi connectivity index (χ3v) is 10.6. The summed E-state index contributed by atoms with van der Waals surface area (Å²) in [5, 5.41) is 2.52. The summed E-state index contributed by atoms with van der Waals surface area (Å²) >= 11 is 0. The van der Waals surface area contributed by atoms with Gasteiger partial charge in [-0.05, 0) is 72.1 Å². The summed E-state index contributed by atoms with van der Waals surface area (Å²) < 4.78 is 13.8. The summed E-state index contributed by atoms with van der Waals surface area (Å²) in [6.07, 6.45) is 0. The van der Waals surface area contributed by atoms with Crippen LogP contribution in [0.1, 0.15) is 95.7 Å². The first-order valence-electron chi connectivity index (χ1n) is 15.5. The van der Waals surface area contributed by atoms with Gasteiger partial charge in [-0.3, -0.25) is 0 Å². The number of rotatable bonds is 8. The Balaban J connectivity index is 1.99. The number of ether oxygens (including phenoxy) is 2. The molecule has 0 unspecified atom stereocenters. The van der Waals surface area contributed by atoms with Crippen molar-refractivity contribution in [3.05, 3.63) is 118 Å². The Kier molecular flexibility index (Phi) is 9.82. The highest BCUT2D eigenvalue weighted by molar-refractivity contribution is 7.74. The fraction of sp³-hybridized carbons (Fsp3) is 0.400. The van der Waals surface area contributed by atoms with E-state index in [4.69, 9.17) is 9.47 Å². The van der Waals surface area contributed by atoms with Gasteiger partial charge in [0.05, 0.1) is 0 Å². The molecule has 0 saturated carbocycles. The quantitative estimate of drug-likeness (QED) is 0.189. The van der Waals surface area contributed by atoms with Crippen molar-refractivity contribution in [1.29, 1.82) is 0 Å². The first-order valence-corrected chi connectivity index (χ1v) is 16.8. The van der Waals surface area contributed by atoms with Crippen LogP contribution < -0.4 is 20.1 Å². The van der Waals surface area contributed by atoms with Gasteiger partial charge in [0.2, 0.25) is 0 Å². The van der Waals surface area contributed by atoms with E-state index in [0.29, 0.717) is 13.2 Å². The van der Waals surface area contributed by atoms with Gasteiger partial charge in [0, 0.05) is 21.7 Å². The zero-order valence-corrected chi connectivity index (χ0v) is 29.2. The largest absolute Gasteiger partial charge is 0.488 e. The van der Waals surface area contributed by atoms with E-state index in [2.05, 4.69) is 161 Å². The molecule has 0 N–H and O–H groups in total. The van der Waals surface area contributed by atoms with Crippen molar-refractivity contribution in [3.8, 4) is 11.5 Å². The lowest BCUT2D eigenvalue weighted by atomic mass is 9.85. The molecule has 4 rings (SSSR count). The topological polar surface area (TPSA) is 18.5 Å². The minimum atomic E-state index is -0.904. The zero-order chi connectivity index (χ0) is 31.6. The molecule has 4 aromatic carbocycles. The van der Waals surface area contributed by atoms with E-state index in [9.17, 15) is 0 Å². The fourth-order valence-corrected chi connectivity index (χ4v) is 8.72. The van der Waals surface area contributed by atoms with Crippen molar-refractivity contribution in [2.24, 2.45) is 0 Å². The van der Waals surface area contributed by atoms with Crippen LogP contribution >= 0.6 is 7.92 Å². The summed E-state index contributed by atoms with van der Waals surface area (Å²) in [5.41, 5.74) is 7.22. The van der Waals surface area contributed by atoms with E-state index in [-0.39, 0.29) is 16.0 Å². The van der Waals surface area contributed by atoms with Crippen molar-refractivity contribution in [2.75, 3.05) is 0 Å². The van der Waals surface area contributed by atoms with Crippen LogP contribution in [-0.2, 0) is 24.0 Å². The van der Waals surface area contributed by atoms with Crippen molar-refractivity contribution < 1.29 is 9.47 Å². The van der Waals surface area contributed by atoms with Crippen LogP contribution in [0.15, 0.2) is 84.9 Å². The van der Waals surface area contributed by atoms with E-state index in [0.717, 1.165) is 11.5 Å². The first kappa shape index (κ1) is 32.8. The van der Waals surface area contributed by atoms with Gasteiger partial charge in [-0.2, -0.15) is 0 Å². The highest BCUT2D eigenvalue weighted by Gasteiger charge is 2.37. The first-order chi connectivity index (χ1) is 20.1. The molecule has 0 aliphatic carbocycles. The molecule has 0 aromatic heterocycles. The van der Waals surface area contributed by atoms with E-state index >= 15 is 0 Å². The third kappa shape index (κ3) is 8.10. The highest BCUT2D eigenvalue weighted by atomic mass is 31.1. The van der Waals surface area contributed by atoms with Crippen molar-refractivity contribution in [2.45, 2.75) is 105 Å². The smallest absolute Gasteiger partial charge is 0.131 e. The van der Waals surface area contributed by atoms with Gasteiger partial charge in [-0.15, -0.1) is 0 Å². The van der Waals surface area contributed by atoms with Gasteiger partial charge in [0.15, 0.2) is 0 Å². The second-order valence-corrected chi connectivity index (χ2v) is 17.9. The predicted octanol–water partition coefficient (Wildman–Crippen LogP) is 10.3. The van der Waals surface area contributed by atoms with Crippen molar-refractivity contribution in [1.82, 2.24) is 0 Å². The predicted molar refractivity (Wildman–Crippen MR) is 187 cm³/mol. The lowest BCUT2D eigenvalue weighted by Gasteiger charge is -2.38. The Morgan fingerprint density at radius 3 is 1.16 bits per heavy atom. The van der Waals surface area contributed by atoms with E-state index < -0.39 is 7.92 Å². The average molecular weight is 595 g/mol. The van der Waals surface area contributed by atoms with Gasteiger partial charge in [-0.25, -0.2) is 0 Å². The third-order valence-electron chi connectivity index (χ3n) is 7.65. The minimum absolute atomic E-state index is 0.0586. The molecule has 0 aliphatic heterocycles. The highest BCUT2D eigenvalue weighted by Crippen LogP contribution is 2.54. The Morgan fingerprint density at radius 1 is 0.512 bits per heavy atom. The average Bonchev–Trinajstić information content (AvgIpc) is 2.91. The molecule has 228 valence electrons. The number of hydrogen-bond donors (Lipinski definition) is 0. The minimum Gasteiger partial charge on any atom is -0.488 e. The summed E-state index contributed by atoms with van der Waals surface area (Å²) in [4.78, 5) is 0. The second kappa shape index (κ2) is 12.9. The maximum atomic E-state index is 6.91. The Labute approximate surface area is 262 Å². The lowest BCUT2D eigenvalue weighted by molar-refractivity contribution is 0.299. The molecule has 0 spiro atoms. The molecule has 0 bridgehead atoms. The summed E-state index contributed by atoms with van der Waals surface area (Å²) in [5.74, 6) is 2.05. The van der Waals surface area contributed by atoms with Crippen LogP contribution in [0.2, 0.25) is 0 Å². The molecular weight excluding hydrogens is 543 g/mol. The monoisotopic (exact) mass is 594 g/mol.